The maximum absolute atomic E-state index is 12.7. The van der Waals surface area contributed by atoms with Crippen molar-refractivity contribution in [3.05, 3.63) is 29.8 Å². The van der Waals surface area contributed by atoms with Crippen molar-refractivity contribution < 1.29 is 14.6 Å². The molecule has 1 spiro atoms. The van der Waals surface area contributed by atoms with Gasteiger partial charge in [-0.15, -0.1) is 0 Å². The second kappa shape index (κ2) is 6.29. The highest BCUT2D eigenvalue weighted by atomic mass is 16.5. The number of nitrogens with zero attached hydrogens (tertiary/aromatic N) is 2. The van der Waals surface area contributed by atoms with E-state index in [1.807, 2.05) is 12.1 Å². The monoisotopic (exact) mass is 344 g/mol. The first kappa shape index (κ1) is 16.9. The predicted molar refractivity (Wildman–Crippen MR) is 94.9 cm³/mol. The SMILES string of the molecule is CC(C)[C@H]1CO[C@]23CCN(Cc4ccc(O)cc4)C[C@H]2CCC(=O)N13. The third kappa shape index (κ3) is 2.83. The molecule has 0 aliphatic carbocycles. The van der Waals surface area contributed by atoms with E-state index in [1.54, 1.807) is 12.1 Å². The molecule has 3 aliphatic heterocycles. The highest BCUT2D eigenvalue weighted by Gasteiger charge is 2.58. The van der Waals surface area contributed by atoms with E-state index in [9.17, 15) is 9.90 Å². The van der Waals surface area contributed by atoms with Crippen LogP contribution in [0.15, 0.2) is 24.3 Å². The van der Waals surface area contributed by atoms with Gasteiger partial charge in [-0.05, 0) is 30.0 Å². The molecular weight excluding hydrogens is 316 g/mol. The van der Waals surface area contributed by atoms with Crippen molar-refractivity contribution in [2.75, 3.05) is 19.7 Å². The molecule has 5 heteroatoms. The Hall–Kier alpha value is -1.59. The summed E-state index contributed by atoms with van der Waals surface area (Å²) in [7, 11) is 0. The number of phenols is 1. The van der Waals surface area contributed by atoms with Gasteiger partial charge in [0.15, 0.2) is 0 Å². The van der Waals surface area contributed by atoms with Gasteiger partial charge >= 0.3 is 0 Å². The summed E-state index contributed by atoms with van der Waals surface area (Å²) in [6.45, 7) is 7.83. The van der Waals surface area contributed by atoms with Crippen molar-refractivity contribution in [1.29, 1.82) is 0 Å². The highest BCUT2D eigenvalue weighted by Crippen LogP contribution is 2.47. The van der Waals surface area contributed by atoms with Gasteiger partial charge in [-0.3, -0.25) is 9.69 Å². The number of aromatic hydroxyl groups is 1. The van der Waals surface area contributed by atoms with Crippen LogP contribution in [0, 0.1) is 11.8 Å². The summed E-state index contributed by atoms with van der Waals surface area (Å²) in [6.07, 6.45) is 2.46. The fourth-order valence-corrected chi connectivity index (χ4v) is 4.85. The number of piperidine rings is 2. The second-order valence-electron chi connectivity index (χ2n) is 8.12. The predicted octanol–water partition coefficient (Wildman–Crippen LogP) is 2.59. The van der Waals surface area contributed by atoms with Crippen LogP contribution in [0.2, 0.25) is 0 Å². The summed E-state index contributed by atoms with van der Waals surface area (Å²) in [6, 6.07) is 7.68. The molecule has 1 amide bonds. The zero-order chi connectivity index (χ0) is 17.6. The van der Waals surface area contributed by atoms with E-state index >= 15 is 0 Å². The Balaban J connectivity index is 1.50. The maximum Gasteiger partial charge on any atom is 0.225 e. The molecule has 0 bridgehead atoms. The van der Waals surface area contributed by atoms with Crippen LogP contribution in [-0.2, 0) is 16.1 Å². The molecule has 3 atom stereocenters. The van der Waals surface area contributed by atoms with E-state index < -0.39 is 0 Å². The van der Waals surface area contributed by atoms with Gasteiger partial charge in [0.1, 0.15) is 11.5 Å². The smallest absolute Gasteiger partial charge is 0.225 e. The normalized spacial score (nSPS) is 32.8. The van der Waals surface area contributed by atoms with Crippen molar-refractivity contribution >= 4 is 5.91 Å². The maximum atomic E-state index is 12.7. The van der Waals surface area contributed by atoms with E-state index in [0.29, 0.717) is 30.6 Å². The Kier molecular flexibility index (Phi) is 4.24. The van der Waals surface area contributed by atoms with Gasteiger partial charge in [-0.1, -0.05) is 26.0 Å². The summed E-state index contributed by atoms with van der Waals surface area (Å²) in [5.74, 6) is 1.40. The van der Waals surface area contributed by atoms with Gasteiger partial charge in [-0.2, -0.15) is 0 Å². The first-order chi connectivity index (χ1) is 12.0. The molecule has 1 aromatic rings. The van der Waals surface area contributed by atoms with Crippen LogP contribution in [0.1, 0.15) is 38.7 Å². The van der Waals surface area contributed by atoms with Crippen molar-refractivity contribution in [2.24, 2.45) is 11.8 Å². The molecule has 0 unspecified atom stereocenters. The molecule has 3 aliphatic rings. The molecule has 25 heavy (non-hydrogen) atoms. The lowest BCUT2D eigenvalue weighted by molar-refractivity contribution is -0.193. The summed E-state index contributed by atoms with van der Waals surface area (Å²) in [4.78, 5) is 17.2. The molecule has 1 aromatic carbocycles. The zero-order valence-electron chi connectivity index (χ0n) is 15.1. The minimum Gasteiger partial charge on any atom is -0.508 e. The van der Waals surface area contributed by atoms with Gasteiger partial charge < -0.3 is 14.7 Å². The number of likely N-dealkylation sites (tertiary alicyclic amines) is 1. The largest absolute Gasteiger partial charge is 0.508 e. The lowest BCUT2D eigenvalue weighted by atomic mass is 9.79. The number of benzene rings is 1. The quantitative estimate of drug-likeness (QED) is 0.916. The molecule has 4 rings (SSSR count). The number of ether oxygens (including phenoxy) is 1. The van der Waals surface area contributed by atoms with Crippen molar-refractivity contribution in [3.63, 3.8) is 0 Å². The lowest BCUT2D eigenvalue weighted by Crippen LogP contribution is -2.65. The van der Waals surface area contributed by atoms with E-state index in [2.05, 4.69) is 23.6 Å². The molecule has 3 heterocycles. The lowest BCUT2D eigenvalue weighted by Gasteiger charge is -2.53. The fourth-order valence-electron chi connectivity index (χ4n) is 4.85. The average Bonchev–Trinajstić information content (AvgIpc) is 2.99. The first-order valence-corrected chi connectivity index (χ1v) is 9.46. The van der Waals surface area contributed by atoms with E-state index in [-0.39, 0.29) is 17.7 Å². The van der Waals surface area contributed by atoms with Crippen LogP contribution in [0.3, 0.4) is 0 Å². The van der Waals surface area contributed by atoms with Crippen LogP contribution in [-0.4, -0.2) is 52.3 Å². The molecule has 3 saturated heterocycles. The Morgan fingerprint density at radius 3 is 2.80 bits per heavy atom. The topological polar surface area (TPSA) is 53.0 Å². The summed E-state index contributed by atoms with van der Waals surface area (Å²) in [5.41, 5.74) is 0.848. The second-order valence-corrected chi connectivity index (χ2v) is 8.12. The average molecular weight is 344 g/mol. The van der Waals surface area contributed by atoms with Gasteiger partial charge in [0.05, 0.1) is 12.6 Å². The molecule has 3 fully saturated rings. The molecular formula is C20H28N2O3. The van der Waals surface area contributed by atoms with Gasteiger partial charge in [0.2, 0.25) is 5.91 Å². The van der Waals surface area contributed by atoms with Gasteiger partial charge in [-0.25, -0.2) is 0 Å². The fraction of sp³-hybridized carbons (Fsp3) is 0.650. The highest BCUT2D eigenvalue weighted by molar-refractivity contribution is 5.78. The molecule has 5 nitrogen and oxygen atoms in total. The number of carbonyl (C=O) groups is 1. The van der Waals surface area contributed by atoms with E-state index in [1.165, 1.54) is 5.56 Å². The molecule has 0 radical (unpaired) electrons. The Morgan fingerprint density at radius 2 is 2.08 bits per heavy atom. The Labute approximate surface area is 149 Å². The molecule has 0 saturated carbocycles. The number of carbonyl (C=O) groups excluding carboxylic acids is 1. The first-order valence-electron chi connectivity index (χ1n) is 9.46. The van der Waals surface area contributed by atoms with Crippen LogP contribution < -0.4 is 0 Å². The minimum atomic E-state index is -0.365. The minimum absolute atomic E-state index is 0.221. The van der Waals surface area contributed by atoms with Crippen LogP contribution in [0.4, 0.5) is 0 Å². The summed E-state index contributed by atoms with van der Waals surface area (Å²) < 4.78 is 6.35. The number of hydrogen-bond donors (Lipinski definition) is 1. The van der Waals surface area contributed by atoms with Crippen molar-refractivity contribution in [3.8, 4) is 5.75 Å². The molecule has 0 aromatic heterocycles. The Morgan fingerprint density at radius 1 is 1.32 bits per heavy atom. The molecule has 1 N–H and O–H groups in total. The number of phenolic OH excluding ortho intramolecular Hbond substituents is 1. The number of hydrogen-bond acceptors (Lipinski definition) is 4. The van der Waals surface area contributed by atoms with Crippen molar-refractivity contribution in [2.45, 2.75) is 51.4 Å². The van der Waals surface area contributed by atoms with Crippen LogP contribution in [0.5, 0.6) is 5.75 Å². The van der Waals surface area contributed by atoms with E-state index in [4.69, 9.17) is 4.74 Å². The summed E-state index contributed by atoms with van der Waals surface area (Å²) in [5, 5.41) is 9.45. The van der Waals surface area contributed by atoms with Gasteiger partial charge in [0, 0.05) is 38.4 Å². The third-order valence-electron chi connectivity index (χ3n) is 6.23. The van der Waals surface area contributed by atoms with Crippen molar-refractivity contribution in [1.82, 2.24) is 9.80 Å². The standard InChI is InChI=1S/C20H28N2O3/c1-14(2)18-13-25-20-9-10-21(11-15-3-6-17(23)7-4-15)12-16(20)5-8-19(24)22(18)20/h3-4,6-7,14,16,18,23H,5,8-13H2,1-2H3/t16-,18-,20-/m1/s1. The Bertz CT molecular complexity index is 645. The van der Waals surface area contributed by atoms with E-state index in [0.717, 1.165) is 32.5 Å². The molecule has 136 valence electrons. The van der Waals surface area contributed by atoms with Gasteiger partial charge in [0.25, 0.3) is 0 Å². The zero-order valence-corrected chi connectivity index (χ0v) is 15.1. The van der Waals surface area contributed by atoms with Crippen LogP contribution >= 0.6 is 0 Å². The third-order valence-corrected chi connectivity index (χ3v) is 6.23. The number of rotatable bonds is 3. The summed E-state index contributed by atoms with van der Waals surface area (Å²) >= 11 is 0. The van der Waals surface area contributed by atoms with Crippen LogP contribution in [0.25, 0.3) is 0 Å². The number of amides is 1.